The summed E-state index contributed by atoms with van der Waals surface area (Å²) in [6.45, 7) is 3.35. The number of fused-ring (bicyclic) bond motifs is 1. The average molecular weight is 291 g/mol. The Kier molecular flexibility index (Phi) is 3.74. The molecule has 2 aromatic rings. The van der Waals surface area contributed by atoms with Crippen molar-refractivity contribution in [3.8, 4) is 0 Å². The first-order valence-electron chi connectivity index (χ1n) is 7.15. The zero-order chi connectivity index (χ0) is 14.8. The third kappa shape index (κ3) is 2.82. The van der Waals surface area contributed by atoms with Gasteiger partial charge in [0, 0.05) is 25.2 Å². The van der Waals surface area contributed by atoms with Gasteiger partial charge in [-0.25, -0.2) is 4.79 Å². The van der Waals surface area contributed by atoms with E-state index in [2.05, 4.69) is 4.90 Å². The lowest BCUT2D eigenvalue weighted by atomic mass is 10.1. The zero-order valence-corrected chi connectivity index (χ0v) is 11.7. The Labute approximate surface area is 120 Å². The molecule has 0 atom stereocenters. The largest absolute Gasteiger partial charge is 0.419 e. The Morgan fingerprint density at radius 3 is 2.67 bits per heavy atom. The van der Waals surface area contributed by atoms with Gasteiger partial charge < -0.3 is 9.32 Å². The molecule has 7 nitrogen and oxygen atoms in total. The second kappa shape index (κ2) is 5.69. The lowest BCUT2D eigenvalue weighted by Crippen LogP contribution is -2.33. The molecule has 0 saturated carbocycles. The van der Waals surface area contributed by atoms with E-state index in [1.807, 2.05) is 0 Å². The highest BCUT2D eigenvalue weighted by molar-refractivity contribution is 5.75. The Bertz CT molecular complexity index is 713. The van der Waals surface area contributed by atoms with Crippen LogP contribution in [0.4, 0.5) is 5.69 Å². The van der Waals surface area contributed by atoms with E-state index >= 15 is 0 Å². The smallest absolute Gasteiger partial charge is 0.408 e. The van der Waals surface area contributed by atoms with Crippen molar-refractivity contribution in [2.75, 3.05) is 19.6 Å². The minimum atomic E-state index is -0.466. The molecule has 0 N–H and O–H groups in total. The molecular weight excluding hydrogens is 274 g/mol. The highest BCUT2D eigenvalue weighted by Gasteiger charge is 2.16. The van der Waals surface area contributed by atoms with E-state index in [9.17, 15) is 14.9 Å². The molecule has 0 radical (unpaired) electrons. The van der Waals surface area contributed by atoms with Crippen LogP contribution in [-0.4, -0.2) is 34.0 Å². The molecule has 1 aliphatic rings. The summed E-state index contributed by atoms with van der Waals surface area (Å²) in [7, 11) is 0. The number of rotatable bonds is 4. The number of hydrogen-bond acceptors (Lipinski definition) is 5. The fraction of sp³-hybridized carbons (Fsp3) is 0.500. The van der Waals surface area contributed by atoms with Crippen LogP contribution in [-0.2, 0) is 6.54 Å². The van der Waals surface area contributed by atoms with Crippen LogP contribution in [0.1, 0.15) is 19.3 Å². The van der Waals surface area contributed by atoms with Gasteiger partial charge in [-0.1, -0.05) is 6.42 Å². The SMILES string of the molecule is O=c1oc2ccc([N+](=O)[O-])cc2n1CCN1CCCCC1. The molecule has 0 amide bonds. The fourth-order valence-corrected chi connectivity index (χ4v) is 2.80. The summed E-state index contributed by atoms with van der Waals surface area (Å²) in [4.78, 5) is 24.6. The lowest BCUT2D eigenvalue weighted by Gasteiger charge is -2.26. The summed E-state index contributed by atoms with van der Waals surface area (Å²) in [6.07, 6.45) is 3.64. The minimum absolute atomic E-state index is 0.0324. The number of hydrogen-bond donors (Lipinski definition) is 0. The van der Waals surface area contributed by atoms with Crippen LogP contribution >= 0.6 is 0 Å². The molecule has 1 aliphatic heterocycles. The van der Waals surface area contributed by atoms with Crippen LogP contribution in [0.25, 0.3) is 11.1 Å². The summed E-state index contributed by atoms with van der Waals surface area (Å²) < 4.78 is 6.62. The first-order chi connectivity index (χ1) is 10.1. The quantitative estimate of drug-likeness (QED) is 0.635. The second-order valence-corrected chi connectivity index (χ2v) is 5.33. The number of benzene rings is 1. The van der Waals surface area contributed by atoms with Gasteiger partial charge in [0.2, 0.25) is 0 Å². The van der Waals surface area contributed by atoms with Crippen molar-refractivity contribution in [1.82, 2.24) is 9.47 Å². The molecule has 1 fully saturated rings. The van der Waals surface area contributed by atoms with Crippen LogP contribution in [0.2, 0.25) is 0 Å². The minimum Gasteiger partial charge on any atom is -0.408 e. The highest BCUT2D eigenvalue weighted by Crippen LogP contribution is 2.20. The molecule has 1 saturated heterocycles. The van der Waals surface area contributed by atoms with E-state index in [1.165, 1.54) is 42.0 Å². The van der Waals surface area contributed by atoms with E-state index in [4.69, 9.17) is 4.42 Å². The molecule has 0 spiro atoms. The molecule has 3 rings (SSSR count). The number of likely N-dealkylation sites (tertiary alicyclic amines) is 1. The monoisotopic (exact) mass is 291 g/mol. The van der Waals surface area contributed by atoms with Gasteiger partial charge in [0.15, 0.2) is 5.58 Å². The predicted octanol–water partition coefficient (Wildman–Crippen LogP) is 1.99. The molecule has 2 heterocycles. The molecule has 1 aromatic heterocycles. The van der Waals surface area contributed by atoms with Crippen molar-refractivity contribution in [2.24, 2.45) is 0 Å². The van der Waals surface area contributed by atoms with Gasteiger partial charge in [0.25, 0.3) is 5.69 Å². The Hall–Kier alpha value is -2.15. The maximum absolute atomic E-state index is 11.9. The van der Waals surface area contributed by atoms with Gasteiger partial charge in [-0.3, -0.25) is 14.7 Å². The lowest BCUT2D eigenvalue weighted by molar-refractivity contribution is -0.384. The summed E-state index contributed by atoms with van der Waals surface area (Å²) >= 11 is 0. The van der Waals surface area contributed by atoms with Gasteiger partial charge in [0.1, 0.15) is 0 Å². The van der Waals surface area contributed by atoms with E-state index in [1.54, 1.807) is 0 Å². The van der Waals surface area contributed by atoms with Crippen molar-refractivity contribution < 1.29 is 9.34 Å². The molecule has 0 bridgehead atoms. The van der Waals surface area contributed by atoms with E-state index < -0.39 is 10.7 Å². The van der Waals surface area contributed by atoms with Crippen molar-refractivity contribution in [2.45, 2.75) is 25.8 Å². The van der Waals surface area contributed by atoms with E-state index in [-0.39, 0.29) is 5.69 Å². The van der Waals surface area contributed by atoms with Crippen molar-refractivity contribution in [1.29, 1.82) is 0 Å². The van der Waals surface area contributed by atoms with Crippen LogP contribution in [0.15, 0.2) is 27.4 Å². The van der Waals surface area contributed by atoms with Crippen molar-refractivity contribution in [3.05, 3.63) is 38.9 Å². The summed E-state index contributed by atoms with van der Waals surface area (Å²) in [5, 5.41) is 10.8. The molecule has 0 aliphatic carbocycles. The van der Waals surface area contributed by atoms with E-state index in [0.29, 0.717) is 17.6 Å². The molecule has 1 aromatic carbocycles. The third-order valence-electron chi connectivity index (χ3n) is 3.95. The highest BCUT2D eigenvalue weighted by atomic mass is 16.6. The summed E-state index contributed by atoms with van der Waals surface area (Å²) in [5.74, 6) is -0.456. The first kappa shape index (κ1) is 13.8. The zero-order valence-electron chi connectivity index (χ0n) is 11.7. The predicted molar refractivity (Wildman–Crippen MR) is 77.4 cm³/mol. The molecule has 7 heteroatoms. The second-order valence-electron chi connectivity index (χ2n) is 5.33. The standard InChI is InChI=1S/C14H17N3O4/c18-14-16(9-8-15-6-2-1-3-7-15)12-10-11(17(19)20)4-5-13(12)21-14/h4-5,10H,1-3,6-9H2. The molecule has 0 unspecified atom stereocenters. The number of oxazole rings is 1. The summed E-state index contributed by atoms with van der Waals surface area (Å²) in [5.41, 5.74) is 0.852. The fourth-order valence-electron chi connectivity index (χ4n) is 2.80. The third-order valence-corrected chi connectivity index (χ3v) is 3.95. The van der Waals surface area contributed by atoms with Gasteiger partial charge in [-0.15, -0.1) is 0 Å². The molecule has 112 valence electrons. The Morgan fingerprint density at radius 1 is 1.19 bits per heavy atom. The van der Waals surface area contributed by atoms with Crippen LogP contribution in [0, 0.1) is 10.1 Å². The topological polar surface area (TPSA) is 81.5 Å². The Morgan fingerprint density at radius 2 is 1.95 bits per heavy atom. The maximum atomic E-state index is 11.9. The Balaban J connectivity index is 1.86. The summed E-state index contributed by atoms with van der Waals surface area (Å²) in [6, 6.07) is 4.23. The number of piperidine rings is 1. The van der Waals surface area contributed by atoms with Crippen molar-refractivity contribution >= 4 is 16.8 Å². The number of aromatic nitrogens is 1. The number of nitrogens with zero attached hydrogens (tertiary/aromatic N) is 3. The van der Waals surface area contributed by atoms with Crippen LogP contribution in [0.5, 0.6) is 0 Å². The molecule has 21 heavy (non-hydrogen) atoms. The van der Waals surface area contributed by atoms with Crippen molar-refractivity contribution in [3.63, 3.8) is 0 Å². The molecular formula is C14H17N3O4. The number of nitro groups is 1. The van der Waals surface area contributed by atoms with Gasteiger partial charge in [0.05, 0.1) is 10.4 Å². The van der Waals surface area contributed by atoms with Crippen LogP contribution < -0.4 is 5.76 Å². The number of non-ortho nitro benzene ring substituents is 1. The van der Waals surface area contributed by atoms with Gasteiger partial charge in [-0.2, -0.15) is 0 Å². The van der Waals surface area contributed by atoms with Gasteiger partial charge >= 0.3 is 5.76 Å². The maximum Gasteiger partial charge on any atom is 0.419 e. The number of nitro benzene ring substituents is 1. The average Bonchev–Trinajstić information content (AvgIpc) is 2.80. The first-order valence-corrected chi connectivity index (χ1v) is 7.15. The van der Waals surface area contributed by atoms with Gasteiger partial charge in [-0.05, 0) is 32.0 Å². The van der Waals surface area contributed by atoms with Crippen LogP contribution in [0.3, 0.4) is 0 Å². The normalized spacial score (nSPS) is 16.4. The van der Waals surface area contributed by atoms with E-state index in [0.717, 1.165) is 19.6 Å².